The Morgan fingerprint density at radius 2 is 1.89 bits per heavy atom. The van der Waals surface area contributed by atoms with Crippen LogP contribution in [0.2, 0.25) is 5.02 Å². The molecule has 1 N–H and O–H groups in total. The van der Waals surface area contributed by atoms with E-state index in [4.69, 9.17) is 16.3 Å². The van der Waals surface area contributed by atoms with Gasteiger partial charge in [0, 0.05) is 36.1 Å². The average molecular weight is 419 g/mol. The number of halogens is 1. The molecule has 2 aromatic rings. The SMILES string of the molecule is CC[C@H](Sc1ccc(Cl)cc1)C(=O)NCc1cccc(CN2CCOCC2)c1. The molecule has 1 aliphatic heterocycles. The van der Waals surface area contributed by atoms with Crippen LogP contribution in [0.3, 0.4) is 0 Å². The maximum absolute atomic E-state index is 12.6. The van der Waals surface area contributed by atoms with Crippen molar-refractivity contribution in [2.24, 2.45) is 0 Å². The zero-order valence-corrected chi connectivity index (χ0v) is 17.8. The largest absolute Gasteiger partial charge is 0.379 e. The van der Waals surface area contributed by atoms with E-state index in [1.165, 1.54) is 5.56 Å². The lowest BCUT2D eigenvalue weighted by Gasteiger charge is -2.26. The molecule has 0 radical (unpaired) electrons. The van der Waals surface area contributed by atoms with Gasteiger partial charge in [0.15, 0.2) is 0 Å². The molecule has 0 aromatic heterocycles. The first kappa shape index (κ1) is 21.2. The third-order valence-electron chi connectivity index (χ3n) is 4.72. The van der Waals surface area contributed by atoms with Crippen LogP contribution in [0.4, 0.5) is 0 Å². The van der Waals surface area contributed by atoms with Gasteiger partial charge >= 0.3 is 0 Å². The number of hydrogen-bond acceptors (Lipinski definition) is 4. The fourth-order valence-electron chi connectivity index (χ4n) is 3.16. The Hall–Kier alpha value is -1.53. The zero-order valence-electron chi connectivity index (χ0n) is 16.2. The number of nitrogens with one attached hydrogen (secondary N) is 1. The maximum atomic E-state index is 12.6. The fraction of sp³-hybridized carbons (Fsp3) is 0.409. The van der Waals surface area contributed by atoms with Gasteiger partial charge in [0.05, 0.1) is 18.5 Å². The third kappa shape index (κ3) is 6.52. The highest BCUT2D eigenvalue weighted by molar-refractivity contribution is 8.00. The number of carbonyl (C=O) groups is 1. The molecule has 1 atom stereocenters. The predicted molar refractivity (Wildman–Crippen MR) is 116 cm³/mol. The van der Waals surface area contributed by atoms with E-state index in [0.29, 0.717) is 11.6 Å². The van der Waals surface area contributed by atoms with Gasteiger partial charge in [-0.3, -0.25) is 9.69 Å². The number of amides is 1. The van der Waals surface area contributed by atoms with E-state index in [9.17, 15) is 4.79 Å². The molecule has 0 saturated carbocycles. The minimum absolute atomic E-state index is 0.0704. The molecular formula is C22H27ClN2O2S. The van der Waals surface area contributed by atoms with Crippen LogP contribution in [0, 0.1) is 0 Å². The second kappa shape index (κ2) is 10.9. The first-order valence-electron chi connectivity index (χ1n) is 9.72. The highest BCUT2D eigenvalue weighted by atomic mass is 35.5. The molecule has 1 saturated heterocycles. The number of carbonyl (C=O) groups excluding carboxylic acids is 1. The first-order valence-corrected chi connectivity index (χ1v) is 11.0. The van der Waals surface area contributed by atoms with E-state index in [2.05, 4.69) is 34.5 Å². The summed E-state index contributed by atoms with van der Waals surface area (Å²) in [6, 6.07) is 16.1. The molecular weight excluding hydrogens is 392 g/mol. The molecule has 0 unspecified atom stereocenters. The Morgan fingerprint density at radius 3 is 2.61 bits per heavy atom. The van der Waals surface area contributed by atoms with Crippen molar-refractivity contribution in [1.29, 1.82) is 0 Å². The summed E-state index contributed by atoms with van der Waals surface area (Å²) in [5, 5.41) is 3.69. The van der Waals surface area contributed by atoms with Crippen molar-refractivity contribution >= 4 is 29.3 Å². The predicted octanol–water partition coefficient (Wildman–Crippen LogP) is 4.36. The summed E-state index contributed by atoms with van der Waals surface area (Å²) >= 11 is 7.52. The van der Waals surface area contributed by atoms with Crippen LogP contribution >= 0.6 is 23.4 Å². The Kier molecular flexibility index (Phi) is 8.22. The number of rotatable bonds is 8. The summed E-state index contributed by atoms with van der Waals surface area (Å²) in [5.74, 6) is 0.0704. The highest BCUT2D eigenvalue weighted by Gasteiger charge is 2.18. The standard InChI is InChI=1S/C22H27ClN2O2S/c1-2-21(28-20-8-6-19(23)7-9-20)22(26)24-15-17-4-3-5-18(14-17)16-25-10-12-27-13-11-25/h3-9,14,21H,2,10-13,15-16H2,1H3,(H,24,26)/t21-/m0/s1. The van der Waals surface area contributed by atoms with Gasteiger partial charge in [0.1, 0.15) is 0 Å². The van der Waals surface area contributed by atoms with Gasteiger partial charge < -0.3 is 10.1 Å². The average Bonchev–Trinajstić information content (AvgIpc) is 2.72. The molecule has 0 bridgehead atoms. The molecule has 4 nitrogen and oxygen atoms in total. The van der Waals surface area contributed by atoms with E-state index >= 15 is 0 Å². The summed E-state index contributed by atoms with van der Waals surface area (Å²) in [6.45, 7) is 7.07. The van der Waals surface area contributed by atoms with E-state index in [1.807, 2.05) is 31.2 Å². The smallest absolute Gasteiger partial charge is 0.233 e. The number of morpholine rings is 1. The molecule has 150 valence electrons. The lowest BCUT2D eigenvalue weighted by Crippen LogP contribution is -2.35. The van der Waals surface area contributed by atoms with Gasteiger partial charge in [0.2, 0.25) is 5.91 Å². The van der Waals surface area contributed by atoms with Crippen molar-refractivity contribution in [2.75, 3.05) is 26.3 Å². The van der Waals surface area contributed by atoms with Crippen LogP contribution in [-0.4, -0.2) is 42.4 Å². The van der Waals surface area contributed by atoms with Crippen molar-refractivity contribution < 1.29 is 9.53 Å². The second-order valence-corrected chi connectivity index (χ2v) is 8.61. The Labute approximate surface area is 176 Å². The summed E-state index contributed by atoms with van der Waals surface area (Å²) in [4.78, 5) is 16.1. The minimum atomic E-state index is -0.113. The third-order valence-corrected chi connectivity index (χ3v) is 6.35. The Bertz CT molecular complexity index is 763. The van der Waals surface area contributed by atoms with Crippen LogP contribution in [0.5, 0.6) is 0 Å². The van der Waals surface area contributed by atoms with E-state index in [1.54, 1.807) is 11.8 Å². The highest BCUT2D eigenvalue weighted by Crippen LogP contribution is 2.26. The van der Waals surface area contributed by atoms with E-state index in [0.717, 1.165) is 49.7 Å². The molecule has 1 aliphatic rings. The molecule has 0 spiro atoms. The van der Waals surface area contributed by atoms with Crippen molar-refractivity contribution in [3.8, 4) is 0 Å². The zero-order chi connectivity index (χ0) is 19.8. The van der Waals surface area contributed by atoms with Crippen LogP contribution in [0.15, 0.2) is 53.4 Å². The summed E-state index contributed by atoms with van der Waals surface area (Å²) in [7, 11) is 0. The first-order chi connectivity index (χ1) is 13.6. The van der Waals surface area contributed by atoms with Gasteiger partial charge in [-0.2, -0.15) is 0 Å². The van der Waals surface area contributed by atoms with Crippen molar-refractivity contribution in [1.82, 2.24) is 10.2 Å². The number of ether oxygens (including phenoxy) is 1. The monoisotopic (exact) mass is 418 g/mol. The summed E-state index contributed by atoms with van der Waals surface area (Å²) in [6.07, 6.45) is 0.774. The van der Waals surface area contributed by atoms with Crippen LogP contribution < -0.4 is 5.32 Å². The molecule has 28 heavy (non-hydrogen) atoms. The summed E-state index contributed by atoms with van der Waals surface area (Å²) < 4.78 is 5.41. The van der Waals surface area contributed by atoms with Crippen LogP contribution in [0.1, 0.15) is 24.5 Å². The number of hydrogen-bond donors (Lipinski definition) is 1. The number of thioether (sulfide) groups is 1. The summed E-state index contributed by atoms with van der Waals surface area (Å²) in [5.41, 5.74) is 2.40. The quantitative estimate of drug-likeness (QED) is 0.647. The lowest BCUT2D eigenvalue weighted by molar-refractivity contribution is -0.120. The molecule has 1 amide bonds. The minimum Gasteiger partial charge on any atom is -0.379 e. The van der Waals surface area contributed by atoms with Gasteiger partial charge in [-0.25, -0.2) is 0 Å². The van der Waals surface area contributed by atoms with Crippen molar-refractivity contribution in [3.63, 3.8) is 0 Å². The molecule has 0 aliphatic carbocycles. The second-order valence-electron chi connectivity index (χ2n) is 6.89. The number of nitrogens with zero attached hydrogens (tertiary/aromatic N) is 1. The lowest BCUT2D eigenvalue weighted by atomic mass is 10.1. The topological polar surface area (TPSA) is 41.6 Å². The van der Waals surface area contributed by atoms with E-state index < -0.39 is 0 Å². The van der Waals surface area contributed by atoms with Crippen molar-refractivity contribution in [2.45, 2.75) is 36.6 Å². The maximum Gasteiger partial charge on any atom is 0.233 e. The number of benzene rings is 2. The van der Waals surface area contributed by atoms with Gasteiger partial charge in [0.25, 0.3) is 0 Å². The van der Waals surface area contributed by atoms with Crippen LogP contribution in [-0.2, 0) is 22.6 Å². The normalized spacial score (nSPS) is 15.9. The molecule has 1 heterocycles. The fourth-order valence-corrected chi connectivity index (χ4v) is 4.26. The van der Waals surface area contributed by atoms with E-state index in [-0.39, 0.29) is 11.2 Å². The molecule has 3 rings (SSSR count). The van der Waals surface area contributed by atoms with Gasteiger partial charge in [-0.1, -0.05) is 42.8 Å². The Morgan fingerprint density at radius 1 is 1.18 bits per heavy atom. The van der Waals surface area contributed by atoms with Gasteiger partial charge in [-0.05, 0) is 41.8 Å². The Balaban J connectivity index is 1.52. The van der Waals surface area contributed by atoms with Gasteiger partial charge in [-0.15, -0.1) is 11.8 Å². The molecule has 2 aromatic carbocycles. The molecule has 1 fully saturated rings. The van der Waals surface area contributed by atoms with Crippen molar-refractivity contribution in [3.05, 3.63) is 64.7 Å². The molecule has 6 heteroatoms. The van der Waals surface area contributed by atoms with Crippen LogP contribution in [0.25, 0.3) is 0 Å².